The van der Waals surface area contributed by atoms with Gasteiger partial charge in [0.05, 0.1) is 5.41 Å². The normalized spacial score (nSPS) is 25.3. The van der Waals surface area contributed by atoms with Crippen molar-refractivity contribution in [2.75, 3.05) is 7.05 Å². The van der Waals surface area contributed by atoms with E-state index in [-0.39, 0.29) is 18.2 Å². The minimum absolute atomic E-state index is 0.104. The second kappa shape index (κ2) is 3.44. The summed E-state index contributed by atoms with van der Waals surface area (Å²) in [7, 11) is 1.55. The van der Waals surface area contributed by atoms with Crippen LogP contribution in [0.1, 0.15) is 24.5 Å². The highest BCUT2D eigenvalue weighted by Crippen LogP contribution is 2.35. The number of rotatable bonds is 1. The monoisotopic (exact) mass is 217 g/mol. The van der Waals surface area contributed by atoms with Crippen LogP contribution in [0.15, 0.2) is 24.3 Å². The maximum absolute atomic E-state index is 12.0. The molecule has 0 spiro atoms. The third kappa shape index (κ3) is 1.43. The smallest absolute Gasteiger partial charge is 0.239 e. The number of imide groups is 1. The molecule has 3 nitrogen and oxygen atoms in total. The van der Waals surface area contributed by atoms with Crippen molar-refractivity contribution in [2.45, 2.75) is 25.7 Å². The molecule has 1 unspecified atom stereocenters. The molecule has 0 radical (unpaired) electrons. The van der Waals surface area contributed by atoms with Gasteiger partial charge in [-0.3, -0.25) is 14.5 Å². The summed E-state index contributed by atoms with van der Waals surface area (Å²) in [4.78, 5) is 24.8. The second-order valence-corrected chi connectivity index (χ2v) is 4.63. The Balaban J connectivity index is 2.44. The Morgan fingerprint density at radius 1 is 1.19 bits per heavy atom. The molecule has 1 aliphatic heterocycles. The SMILES string of the molecule is Cc1ccc(C2(C)CC(=O)N(C)C2=O)cc1. The zero-order chi connectivity index (χ0) is 11.9. The van der Waals surface area contributed by atoms with Crippen molar-refractivity contribution in [3.63, 3.8) is 0 Å². The number of carbonyl (C=O) groups excluding carboxylic acids is 2. The summed E-state index contributed by atoms with van der Waals surface area (Å²) >= 11 is 0. The first-order chi connectivity index (χ1) is 7.45. The lowest BCUT2D eigenvalue weighted by Gasteiger charge is -2.21. The summed E-state index contributed by atoms with van der Waals surface area (Å²) in [5.74, 6) is -0.213. The molecule has 0 saturated carbocycles. The fraction of sp³-hybridized carbons (Fsp3) is 0.385. The van der Waals surface area contributed by atoms with Crippen molar-refractivity contribution in [1.82, 2.24) is 4.90 Å². The van der Waals surface area contributed by atoms with E-state index in [0.29, 0.717) is 0 Å². The van der Waals surface area contributed by atoms with Crippen LogP contribution < -0.4 is 0 Å². The summed E-state index contributed by atoms with van der Waals surface area (Å²) in [6.07, 6.45) is 0.269. The van der Waals surface area contributed by atoms with Gasteiger partial charge in [0.2, 0.25) is 11.8 Å². The number of hydrogen-bond acceptors (Lipinski definition) is 2. The Morgan fingerprint density at radius 3 is 2.19 bits per heavy atom. The second-order valence-electron chi connectivity index (χ2n) is 4.63. The predicted octanol–water partition coefficient (Wildman–Crippen LogP) is 1.64. The average Bonchev–Trinajstić information content (AvgIpc) is 2.45. The molecule has 1 aliphatic rings. The van der Waals surface area contributed by atoms with E-state index >= 15 is 0 Å². The standard InChI is InChI=1S/C13H15NO2/c1-9-4-6-10(7-5-9)13(2)8-11(15)14(3)12(13)16/h4-7H,8H2,1-3H3. The van der Waals surface area contributed by atoms with Gasteiger partial charge in [0, 0.05) is 13.5 Å². The zero-order valence-electron chi connectivity index (χ0n) is 9.78. The van der Waals surface area contributed by atoms with Gasteiger partial charge < -0.3 is 0 Å². The van der Waals surface area contributed by atoms with Crippen molar-refractivity contribution in [2.24, 2.45) is 0 Å². The Bertz CT molecular complexity index is 450. The molecule has 0 N–H and O–H groups in total. The summed E-state index contributed by atoms with van der Waals surface area (Å²) in [6.45, 7) is 3.83. The van der Waals surface area contributed by atoms with E-state index in [1.54, 1.807) is 7.05 Å². The van der Waals surface area contributed by atoms with E-state index in [1.165, 1.54) is 4.90 Å². The molecular weight excluding hydrogens is 202 g/mol. The third-order valence-electron chi connectivity index (χ3n) is 3.34. The molecule has 1 heterocycles. The molecule has 2 amide bonds. The zero-order valence-corrected chi connectivity index (χ0v) is 9.78. The minimum atomic E-state index is -0.681. The lowest BCUT2D eigenvalue weighted by Crippen LogP contribution is -2.34. The highest BCUT2D eigenvalue weighted by atomic mass is 16.2. The molecule has 0 aromatic heterocycles. The van der Waals surface area contributed by atoms with Gasteiger partial charge in [0.15, 0.2) is 0 Å². The number of likely N-dealkylation sites (N-methyl/N-ethyl adjacent to an activating group) is 1. The largest absolute Gasteiger partial charge is 0.285 e. The van der Waals surface area contributed by atoms with Crippen LogP contribution in [0, 0.1) is 6.92 Å². The molecule has 1 aromatic carbocycles. The van der Waals surface area contributed by atoms with E-state index < -0.39 is 5.41 Å². The molecule has 1 aromatic rings. The summed E-state index contributed by atoms with van der Waals surface area (Å²) in [5.41, 5.74) is 1.39. The summed E-state index contributed by atoms with van der Waals surface area (Å²) in [5, 5.41) is 0. The van der Waals surface area contributed by atoms with Crippen molar-refractivity contribution in [3.05, 3.63) is 35.4 Å². The topological polar surface area (TPSA) is 37.4 Å². The summed E-state index contributed by atoms with van der Waals surface area (Å²) in [6, 6.07) is 7.80. The van der Waals surface area contributed by atoms with E-state index in [0.717, 1.165) is 11.1 Å². The Labute approximate surface area is 95.1 Å². The first-order valence-corrected chi connectivity index (χ1v) is 5.33. The highest BCUT2D eigenvalue weighted by Gasteiger charge is 2.47. The van der Waals surface area contributed by atoms with Gasteiger partial charge in [-0.1, -0.05) is 29.8 Å². The van der Waals surface area contributed by atoms with Gasteiger partial charge in [-0.05, 0) is 19.4 Å². The van der Waals surface area contributed by atoms with Gasteiger partial charge in [-0.2, -0.15) is 0 Å². The van der Waals surface area contributed by atoms with Gasteiger partial charge in [0.25, 0.3) is 0 Å². The number of amides is 2. The molecule has 16 heavy (non-hydrogen) atoms. The van der Waals surface area contributed by atoms with Crippen LogP contribution in [0.2, 0.25) is 0 Å². The first-order valence-electron chi connectivity index (χ1n) is 5.33. The number of likely N-dealkylation sites (tertiary alicyclic amines) is 1. The van der Waals surface area contributed by atoms with Crippen LogP contribution in [0.5, 0.6) is 0 Å². The lowest BCUT2D eigenvalue weighted by molar-refractivity contribution is -0.138. The molecule has 84 valence electrons. The number of aryl methyl sites for hydroxylation is 1. The van der Waals surface area contributed by atoms with Gasteiger partial charge in [0.1, 0.15) is 0 Å². The van der Waals surface area contributed by atoms with Crippen LogP contribution in [0.3, 0.4) is 0 Å². The lowest BCUT2D eigenvalue weighted by atomic mass is 9.81. The Morgan fingerprint density at radius 2 is 1.75 bits per heavy atom. The molecular formula is C13H15NO2. The molecule has 1 fully saturated rings. The van der Waals surface area contributed by atoms with Gasteiger partial charge >= 0.3 is 0 Å². The molecule has 0 bridgehead atoms. The van der Waals surface area contributed by atoms with Crippen molar-refractivity contribution < 1.29 is 9.59 Å². The number of carbonyl (C=O) groups is 2. The van der Waals surface area contributed by atoms with E-state index in [4.69, 9.17) is 0 Å². The summed E-state index contributed by atoms with van der Waals surface area (Å²) < 4.78 is 0. The molecule has 3 heteroatoms. The third-order valence-corrected chi connectivity index (χ3v) is 3.34. The number of hydrogen-bond donors (Lipinski definition) is 0. The molecule has 1 atom stereocenters. The quantitative estimate of drug-likeness (QED) is 0.671. The molecule has 0 aliphatic carbocycles. The van der Waals surface area contributed by atoms with E-state index in [9.17, 15) is 9.59 Å². The minimum Gasteiger partial charge on any atom is -0.285 e. The van der Waals surface area contributed by atoms with Crippen LogP contribution >= 0.6 is 0 Å². The number of nitrogens with zero attached hydrogens (tertiary/aromatic N) is 1. The highest BCUT2D eigenvalue weighted by molar-refractivity contribution is 6.08. The van der Waals surface area contributed by atoms with Crippen LogP contribution in [-0.4, -0.2) is 23.8 Å². The van der Waals surface area contributed by atoms with Crippen molar-refractivity contribution in [3.8, 4) is 0 Å². The molecule has 1 saturated heterocycles. The van der Waals surface area contributed by atoms with Crippen molar-refractivity contribution >= 4 is 11.8 Å². The van der Waals surface area contributed by atoms with Crippen molar-refractivity contribution in [1.29, 1.82) is 0 Å². The Kier molecular flexibility index (Phi) is 2.34. The maximum Gasteiger partial charge on any atom is 0.239 e. The van der Waals surface area contributed by atoms with Crippen LogP contribution in [0.4, 0.5) is 0 Å². The maximum atomic E-state index is 12.0. The van der Waals surface area contributed by atoms with Crippen LogP contribution in [0.25, 0.3) is 0 Å². The molecule has 2 rings (SSSR count). The van der Waals surface area contributed by atoms with E-state index in [1.807, 2.05) is 38.1 Å². The average molecular weight is 217 g/mol. The van der Waals surface area contributed by atoms with Gasteiger partial charge in [-0.15, -0.1) is 0 Å². The van der Waals surface area contributed by atoms with E-state index in [2.05, 4.69) is 0 Å². The fourth-order valence-corrected chi connectivity index (χ4v) is 2.13. The number of benzene rings is 1. The first kappa shape index (κ1) is 10.9. The van der Waals surface area contributed by atoms with Gasteiger partial charge in [-0.25, -0.2) is 0 Å². The fourth-order valence-electron chi connectivity index (χ4n) is 2.13. The van der Waals surface area contributed by atoms with Crippen LogP contribution in [-0.2, 0) is 15.0 Å². The Hall–Kier alpha value is -1.64. The predicted molar refractivity (Wildman–Crippen MR) is 60.9 cm³/mol.